The van der Waals surface area contributed by atoms with Crippen LogP contribution >= 0.6 is 0 Å². The lowest BCUT2D eigenvalue weighted by Crippen LogP contribution is -2.45. The first-order valence-corrected chi connectivity index (χ1v) is 33.8. The van der Waals surface area contributed by atoms with Crippen LogP contribution in [0.4, 0.5) is 0 Å². The highest BCUT2D eigenvalue weighted by atomic mass is 16.5. The second-order valence-corrected chi connectivity index (χ2v) is 23.5. The van der Waals surface area contributed by atoms with Gasteiger partial charge in [0.1, 0.15) is 0 Å². The molecule has 0 spiro atoms. The van der Waals surface area contributed by atoms with E-state index >= 15 is 0 Å². The molecule has 6 heteroatoms. The fraction of sp³-hybridized carbons (Fsp3) is 0.970. The third kappa shape index (κ3) is 60.0. The van der Waals surface area contributed by atoms with Crippen LogP contribution in [0.3, 0.4) is 0 Å². The Kier molecular flexibility index (Phi) is 62.4. The Bertz CT molecular complexity index is 1050. The summed E-state index contributed by atoms with van der Waals surface area (Å²) < 4.78 is 5.50. The zero-order chi connectivity index (χ0) is 52.9. The number of aliphatic hydroxyl groups excluding tert-OH is 2. The molecule has 0 saturated heterocycles. The number of hydrogen-bond acceptors (Lipinski definition) is 5. The largest absolute Gasteiger partial charge is 0.466 e. The van der Waals surface area contributed by atoms with Crippen LogP contribution in [0.15, 0.2) is 0 Å². The van der Waals surface area contributed by atoms with Crippen molar-refractivity contribution in [3.8, 4) is 0 Å². The molecule has 0 aromatic rings. The first-order valence-electron chi connectivity index (χ1n) is 33.8. The van der Waals surface area contributed by atoms with E-state index in [9.17, 15) is 19.8 Å². The van der Waals surface area contributed by atoms with Crippen LogP contribution in [-0.4, -0.2) is 47.4 Å². The molecule has 0 aromatic heterocycles. The van der Waals surface area contributed by atoms with Gasteiger partial charge < -0.3 is 20.3 Å². The monoisotopic (exact) mass is 1030 g/mol. The summed E-state index contributed by atoms with van der Waals surface area (Å²) in [6.45, 7) is 5.00. The lowest BCUT2D eigenvalue weighted by Gasteiger charge is -2.22. The molecule has 6 nitrogen and oxygen atoms in total. The summed E-state index contributed by atoms with van der Waals surface area (Å²) in [6, 6.07) is -0.542. The van der Waals surface area contributed by atoms with Crippen molar-refractivity contribution in [3.63, 3.8) is 0 Å². The van der Waals surface area contributed by atoms with Crippen molar-refractivity contribution >= 4 is 11.9 Å². The molecule has 0 aliphatic heterocycles. The van der Waals surface area contributed by atoms with Crippen molar-refractivity contribution in [1.29, 1.82) is 0 Å². The molecule has 0 radical (unpaired) electrons. The number of rotatable bonds is 64. The SMILES string of the molecule is CCCCCCCCCCCCCCCCCCCCCCC(O)C(CO)NC(=O)CCCCCCCCCCCCCCCCCCCCCCOC(=O)CCCCCCCCCCCCCCCCCC. The lowest BCUT2D eigenvalue weighted by molar-refractivity contribution is -0.143. The van der Waals surface area contributed by atoms with Crippen LogP contribution < -0.4 is 5.32 Å². The minimum atomic E-state index is -0.665. The van der Waals surface area contributed by atoms with E-state index in [0.29, 0.717) is 25.9 Å². The minimum absolute atomic E-state index is 0.0156. The van der Waals surface area contributed by atoms with Gasteiger partial charge in [-0.05, 0) is 25.7 Å². The van der Waals surface area contributed by atoms with Crippen molar-refractivity contribution in [3.05, 3.63) is 0 Å². The summed E-state index contributed by atoms with van der Waals surface area (Å²) in [5.74, 6) is -0.0162. The molecule has 436 valence electrons. The van der Waals surface area contributed by atoms with Crippen molar-refractivity contribution in [1.82, 2.24) is 5.32 Å². The van der Waals surface area contributed by atoms with Gasteiger partial charge in [-0.25, -0.2) is 0 Å². The molecular formula is C67H133NO5. The van der Waals surface area contributed by atoms with E-state index in [1.54, 1.807) is 0 Å². The maximum atomic E-state index is 12.5. The van der Waals surface area contributed by atoms with Gasteiger partial charge in [0.2, 0.25) is 5.91 Å². The van der Waals surface area contributed by atoms with Crippen molar-refractivity contribution in [2.75, 3.05) is 13.2 Å². The van der Waals surface area contributed by atoms with Gasteiger partial charge in [0.15, 0.2) is 0 Å². The third-order valence-corrected chi connectivity index (χ3v) is 16.2. The molecular weight excluding hydrogens is 899 g/mol. The molecule has 0 bridgehead atoms. The van der Waals surface area contributed by atoms with Crippen LogP contribution in [-0.2, 0) is 14.3 Å². The average Bonchev–Trinajstić information content (AvgIpc) is 3.39. The van der Waals surface area contributed by atoms with Gasteiger partial charge >= 0.3 is 5.97 Å². The fourth-order valence-electron chi connectivity index (χ4n) is 11.0. The normalized spacial score (nSPS) is 12.4. The summed E-state index contributed by atoms with van der Waals surface area (Å²) in [4.78, 5) is 24.6. The zero-order valence-corrected chi connectivity index (χ0v) is 49.9. The Hall–Kier alpha value is -1.14. The fourth-order valence-corrected chi connectivity index (χ4v) is 11.0. The van der Waals surface area contributed by atoms with Crippen LogP contribution in [0.25, 0.3) is 0 Å². The second-order valence-electron chi connectivity index (χ2n) is 23.5. The predicted molar refractivity (Wildman–Crippen MR) is 320 cm³/mol. The highest BCUT2D eigenvalue weighted by Gasteiger charge is 2.20. The first kappa shape index (κ1) is 71.9. The molecule has 0 fully saturated rings. The van der Waals surface area contributed by atoms with Crippen LogP contribution in [0.1, 0.15) is 393 Å². The van der Waals surface area contributed by atoms with Crippen LogP contribution in [0.2, 0.25) is 0 Å². The number of carbonyl (C=O) groups excluding carboxylic acids is 2. The number of unbranched alkanes of at least 4 members (excludes halogenated alkanes) is 53. The summed E-state index contributed by atoms with van der Waals surface area (Å²) in [5, 5.41) is 23.4. The van der Waals surface area contributed by atoms with E-state index in [1.165, 1.54) is 321 Å². The Morgan fingerprint density at radius 3 is 0.836 bits per heavy atom. The summed E-state index contributed by atoms with van der Waals surface area (Å²) >= 11 is 0. The van der Waals surface area contributed by atoms with Crippen LogP contribution in [0.5, 0.6) is 0 Å². The highest BCUT2D eigenvalue weighted by Crippen LogP contribution is 2.19. The lowest BCUT2D eigenvalue weighted by atomic mass is 10.0. The second kappa shape index (κ2) is 63.4. The molecule has 2 atom stereocenters. The molecule has 2 unspecified atom stereocenters. The molecule has 73 heavy (non-hydrogen) atoms. The maximum absolute atomic E-state index is 12.5. The topological polar surface area (TPSA) is 95.9 Å². The van der Waals surface area contributed by atoms with Gasteiger partial charge in [-0.1, -0.05) is 354 Å². The number of esters is 1. The van der Waals surface area contributed by atoms with Crippen LogP contribution in [0, 0.1) is 0 Å². The Balaban J connectivity index is 3.37. The van der Waals surface area contributed by atoms with Crippen molar-refractivity contribution < 1.29 is 24.5 Å². The molecule has 1 amide bonds. The molecule has 0 rings (SSSR count). The number of ether oxygens (including phenoxy) is 1. The first-order chi connectivity index (χ1) is 36.0. The molecule has 0 aromatic carbocycles. The van der Waals surface area contributed by atoms with Gasteiger partial charge in [-0.3, -0.25) is 9.59 Å². The summed E-state index contributed by atoms with van der Waals surface area (Å²) in [6.07, 6.45) is 75.6. The maximum Gasteiger partial charge on any atom is 0.305 e. The predicted octanol–water partition coefficient (Wildman–Crippen LogP) is 21.4. The van der Waals surface area contributed by atoms with Gasteiger partial charge in [-0.15, -0.1) is 0 Å². The van der Waals surface area contributed by atoms with Crippen molar-refractivity contribution in [2.45, 2.75) is 405 Å². The Morgan fingerprint density at radius 2 is 0.562 bits per heavy atom. The Labute approximate surface area is 457 Å². The minimum Gasteiger partial charge on any atom is -0.466 e. The Morgan fingerprint density at radius 1 is 0.329 bits per heavy atom. The quantitative estimate of drug-likeness (QED) is 0.0417. The van der Waals surface area contributed by atoms with Gasteiger partial charge in [0, 0.05) is 12.8 Å². The summed E-state index contributed by atoms with van der Waals surface area (Å²) in [5.41, 5.74) is 0. The van der Waals surface area contributed by atoms with Gasteiger partial charge in [-0.2, -0.15) is 0 Å². The third-order valence-electron chi connectivity index (χ3n) is 16.2. The number of nitrogens with one attached hydrogen (secondary N) is 1. The number of carbonyl (C=O) groups is 2. The van der Waals surface area contributed by atoms with Crippen molar-refractivity contribution in [2.24, 2.45) is 0 Å². The standard InChI is InChI=1S/C67H133NO5/c1-3-5-7-9-11-13-15-17-19-21-22-25-28-31-35-39-43-47-51-55-59-65(70)64(63-69)68-66(71)60-56-52-48-44-40-36-32-29-26-23-24-27-30-34-38-42-46-50-54-58-62-73-67(72)61-57-53-49-45-41-37-33-20-18-16-14-12-10-8-6-4-2/h64-65,69-70H,3-63H2,1-2H3,(H,68,71). The molecule has 0 aliphatic carbocycles. The van der Waals surface area contributed by atoms with Gasteiger partial charge in [0.05, 0.1) is 25.4 Å². The van der Waals surface area contributed by atoms with Gasteiger partial charge in [0.25, 0.3) is 0 Å². The van der Waals surface area contributed by atoms with E-state index in [-0.39, 0.29) is 18.5 Å². The van der Waals surface area contributed by atoms with E-state index < -0.39 is 12.1 Å². The molecule has 0 saturated carbocycles. The smallest absolute Gasteiger partial charge is 0.305 e. The molecule has 0 heterocycles. The number of hydrogen-bond donors (Lipinski definition) is 3. The number of aliphatic hydroxyl groups is 2. The van der Waals surface area contributed by atoms with E-state index in [0.717, 1.165) is 38.5 Å². The zero-order valence-electron chi connectivity index (χ0n) is 49.9. The van der Waals surface area contributed by atoms with E-state index in [2.05, 4.69) is 19.2 Å². The highest BCUT2D eigenvalue weighted by molar-refractivity contribution is 5.76. The average molecular weight is 1030 g/mol. The van der Waals surface area contributed by atoms with E-state index in [1.807, 2.05) is 0 Å². The number of amides is 1. The summed E-state index contributed by atoms with van der Waals surface area (Å²) in [7, 11) is 0. The molecule has 0 aliphatic rings. The molecule has 3 N–H and O–H groups in total. The van der Waals surface area contributed by atoms with E-state index in [4.69, 9.17) is 4.74 Å².